The maximum atomic E-state index is 11.7. The lowest BCUT2D eigenvalue weighted by molar-refractivity contribution is 0.391. The Bertz CT molecular complexity index is 450. The first-order valence-corrected chi connectivity index (χ1v) is 6.54. The fourth-order valence-electron chi connectivity index (χ4n) is 1.47. The summed E-state index contributed by atoms with van der Waals surface area (Å²) in [5.74, 6) is 0. The Morgan fingerprint density at radius 1 is 1.60 bits per heavy atom. The van der Waals surface area contributed by atoms with Crippen molar-refractivity contribution in [2.45, 2.75) is 29.2 Å². The molecular weight excluding hydrogens is 238 g/mol. The Kier molecular flexibility index (Phi) is 2.74. The van der Waals surface area contributed by atoms with Gasteiger partial charge in [0, 0.05) is 24.7 Å². The molecule has 0 radical (unpaired) electrons. The van der Waals surface area contributed by atoms with Crippen LogP contribution in [0.3, 0.4) is 0 Å². The first-order chi connectivity index (χ1) is 6.97. The van der Waals surface area contributed by atoms with Gasteiger partial charge in [0.05, 0.1) is 6.20 Å². The second kappa shape index (κ2) is 3.77. The van der Waals surface area contributed by atoms with Gasteiger partial charge in [-0.1, -0.05) is 0 Å². The number of aryl methyl sites for hydroxylation is 1. The van der Waals surface area contributed by atoms with Crippen LogP contribution >= 0.6 is 11.6 Å². The molecule has 1 fully saturated rings. The first kappa shape index (κ1) is 10.9. The zero-order valence-corrected chi connectivity index (χ0v) is 9.79. The molecule has 84 valence electrons. The normalized spacial score (nSPS) is 26.3. The van der Waals surface area contributed by atoms with Gasteiger partial charge < -0.3 is 0 Å². The number of sulfonamides is 1. The lowest BCUT2D eigenvalue weighted by atomic mass is 9.94. The Labute approximate surface area is 93.5 Å². The lowest BCUT2D eigenvalue weighted by Crippen LogP contribution is -2.44. The largest absolute Gasteiger partial charge is 0.274 e. The van der Waals surface area contributed by atoms with E-state index in [-0.39, 0.29) is 16.3 Å². The third-order valence-corrected chi connectivity index (χ3v) is 4.23. The van der Waals surface area contributed by atoms with Crippen molar-refractivity contribution in [3.8, 4) is 0 Å². The van der Waals surface area contributed by atoms with E-state index in [1.165, 1.54) is 17.1 Å². The number of halogens is 1. The molecule has 0 aliphatic heterocycles. The van der Waals surface area contributed by atoms with Crippen molar-refractivity contribution in [2.24, 2.45) is 7.05 Å². The quantitative estimate of drug-likeness (QED) is 0.792. The number of nitrogens with zero attached hydrogens (tertiary/aromatic N) is 2. The minimum atomic E-state index is -3.41. The van der Waals surface area contributed by atoms with Crippen molar-refractivity contribution >= 4 is 21.6 Å². The molecule has 0 amide bonds. The summed E-state index contributed by atoms with van der Waals surface area (Å²) in [6.45, 7) is 0. The van der Waals surface area contributed by atoms with Gasteiger partial charge in [-0.05, 0) is 12.8 Å². The number of nitrogens with one attached hydrogen (secondary N) is 1. The molecule has 1 aliphatic carbocycles. The summed E-state index contributed by atoms with van der Waals surface area (Å²) < 4.78 is 27.5. The highest BCUT2D eigenvalue weighted by Gasteiger charge is 2.31. The fraction of sp³-hybridized carbons (Fsp3) is 0.625. The van der Waals surface area contributed by atoms with E-state index in [9.17, 15) is 8.42 Å². The average Bonchev–Trinajstić information content (AvgIpc) is 2.49. The van der Waals surface area contributed by atoms with Gasteiger partial charge in [0.1, 0.15) is 4.90 Å². The van der Waals surface area contributed by atoms with E-state index < -0.39 is 10.0 Å². The van der Waals surface area contributed by atoms with Crippen molar-refractivity contribution in [1.29, 1.82) is 0 Å². The molecule has 0 atom stereocenters. The van der Waals surface area contributed by atoms with E-state index in [0.29, 0.717) is 12.8 Å². The standard InChI is InChI=1S/C8H12ClN3O2S/c1-12-5-8(4-10-12)15(13,14)11-7-2-6(9)3-7/h4-7,11H,2-3H2,1H3. The molecule has 1 aromatic rings. The molecule has 15 heavy (non-hydrogen) atoms. The maximum absolute atomic E-state index is 11.7. The van der Waals surface area contributed by atoms with Crippen LogP contribution in [0.25, 0.3) is 0 Å². The van der Waals surface area contributed by atoms with E-state index in [1.807, 2.05) is 0 Å². The molecule has 1 heterocycles. The summed E-state index contributed by atoms with van der Waals surface area (Å²) in [5, 5.41) is 3.92. The predicted octanol–water partition coefficient (Wildman–Crippen LogP) is 0.468. The van der Waals surface area contributed by atoms with Crippen molar-refractivity contribution in [3.05, 3.63) is 12.4 Å². The van der Waals surface area contributed by atoms with Crippen molar-refractivity contribution < 1.29 is 8.42 Å². The molecule has 1 N–H and O–H groups in total. The van der Waals surface area contributed by atoms with Crippen LogP contribution in [-0.4, -0.2) is 29.6 Å². The SMILES string of the molecule is Cn1cc(S(=O)(=O)NC2CC(Cl)C2)cn1. The van der Waals surface area contributed by atoms with Crippen molar-refractivity contribution in [3.63, 3.8) is 0 Å². The predicted molar refractivity (Wildman–Crippen MR) is 56.2 cm³/mol. The Morgan fingerprint density at radius 3 is 2.73 bits per heavy atom. The number of hydrogen-bond acceptors (Lipinski definition) is 3. The van der Waals surface area contributed by atoms with E-state index >= 15 is 0 Å². The van der Waals surface area contributed by atoms with Crippen LogP contribution in [0.1, 0.15) is 12.8 Å². The average molecular weight is 250 g/mol. The van der Waals surface area contributed by atoms with Crippen molar-refractivity contribution in [1.82, 2.24) is 14.5 Å². The highest BCUT2D eigenvalue weighted by atomic mass is 35.5. The molecule has 7 heteroatoms. The summed E-state index contributed by atoms with van der Waals surface area (Å²) in [5.41, 5.74) is 0. The molecule has 1 saturated carbocycles. The van der Waals surface area contributed by atoms with Gasteiger partial charge in [-0.25, -0.2) is 13.1 Å². The molecule has 1 aromatic heterocycles. The van der Waals surface area contributed by atoms with Crippen LogP contribution in [-0.2, 0) is 17.1 Å². The van der Waals surface area contributed by atoms with Gasteiger partial charge in [-0.15, -0.1) is 11.6 Å². The van der Waals surface area contributed by atoms with Gasteiger partial charge in [0.25, 0.3) is 0 Å². The lowest BCUT2D eigenvalue weighted by Gasteiger charge is -2.30. The Morgan fingerprint density at radius 2 is 2.27 bits per heavy atom. The number of alkyl halides is 1. The molecular formula is C8H12ClN3O2S. The molecule has 0 saturated heterocycles. The second-order valence-corrected chi connectivity index (χ2v) is 6.07. The highest BCUT2D eigenvalue weighted by Crippen LogP contribution is 2.26. The number of aromatic nitrogens is 2. The van der Waals surface area contributed by atoms with Gasteiger partial charge >= 0.3 is 0 Å². The summed E-state index contributed by atoms with van der Waals surface area (Å²) in [6, 6.07) is -0.0299. The van der Waals surface area contributed by atoms with Gasteiger partial charge in [0.15, 0.2) is 0 Å². The summed E-state index contributed by atoms with van der Waals surface area (Å²) in [4.78, 5) is 0.197. The van der Waals surface area contributed by atoms with Crippen LogP contribution in [0.15, 0.2) is 17.3 Å². The molecule has 0 spiro atoms. The van der Waals surface area contributed by atoms with E-state index in [2.05, 4.69) is 9.82 Å². The number of hydrogen-bond donors (Lipinski definition) is 1. The van der Waals surface area contributed by atoms with E-state index in [1.54, 1.807) is 7.05 Å². The summed E-state index contributed by atoms with van der Waals surface area (Å²) in [7, 11) is -1.74. The zero-order valence-electron chi connectivity index (χ0n) is 8.22. The van der Waals surface area contributed by atoms with Crippen LogP contribution in [0.2, 0.25) is 0 Å². The molecule has 1 aliphatic rings. The highest BCUT2D eigenvalue weighted by molar-refractivity contribution is 7.89. The molecule has 0 unspecified atom stereocenters. The van der Waals surface area contributed by atoms with Crippen LogP contribution in [0.4, 0.5) is 0 Å². The molecule has 5 nitrogen and oxygen atoms in total. The monoisotopic (exact) mass is 249 g/mol. The van der Waals surface area contributed by atoms with Gasteiger partial charge in [-0.2, -0.15) is 5.10 Å². The minimum absolute atomic E-state index is 0.0299. The molecule has 2 rings (SSSR count). The summed E-state index contributed by atoms with van der Waals surface area (Å²) in [6.07, 6.45) is 4.19. The fourth-order valence-corrected chi connectivity index (χ4v) is 3.14. The Balaban J connectivity index is 2.07. The topological polar surface area (TPSA) is 64.0 Å². The van der Waals surface area contributed by atoms with E-state index in [0.717, 1.165) is 0 Å². The second-order valence-electron chi connectivity index (χ2n) is 3.74. The van der Waals surface area contributed by atoms with Crippen molar-refractivity contribution in [2.75, 3.05) is 0 Å². The third-order valence-electron chi connectivity index (χ3n) is 2.39. The van der Waals surface area contributed by atoms with Crippen LogP contribution < -0.4 is 4.72 Å². The van der Waals surface area contributed by atoms with E-state index in [4.69, 9.17) is 11.6 Å². The zero-order chi connectivity index (χ0) is 11.1. The summed E-state index contributed by atoms with van der Waals surface area (Å²) >= 11 is 5.77. The van der Waals surface area contributed by atoms with Gasteiger partial charge in [0.2, 0.25) is 10.0 Å². The minimum Gasteiger partial charge on any atom is -0.274 e. The van der Waals surface area contributed by atoms with Crippen LogP contribution in [0.5, 0.6) is 0 Å². The third kappa shape index (κ3) is 2.32. The van der Waals surface area contributed by atoms with Crippen LogP contribution in [0, 0.1) is 0 Å². The first-order valence-electron chi connectivity index (χ1n) is 4.62. The molecule has 0 aromatic carbocycles. The number of rotatable bonds is 3. The van der Waals surface area contributed by atoms with Gasteiger partial charge in [-0.3, -0.25) is 4.68 Å². The molecule has 0 bridgehead atoms. The maximum Gasteiger partial charge on any atom is 0.243 e. The smallest absolute Gasteiger partial charge is 0.243 e. The Hall–Kier alpha value is -0.590.